The number of ether oxygens (including phenoxy) is 2. The molecule has 8 heteroatoms. The Hall–Kier alpha value is -2.03. The number of hydrogen-bond donors (Lipinski definition) is 0. The minimum atomic E-state index is -1.09. The van der Waals surface area contributed by atoms with Gasteiger partial charge in [0.05, 0.1) is 24.9 Å². The molecule has 0 spiro atoms. The summed E-state index contributed by atoms with van der Waals surface area (Å²) < 4.78 is 29.7. The van der Waals surface area contributed by atoms with Crippen LogP contribution in [-0.4, -0.2) is 51.6 Å². The number of benzene rings is 1. The zero-order valence-corrected chi connectivity index (χ0v) is 21.2. The maximum atomic E-state index is 15.1. The predicted molar refractivity (Wildman–Crippen MR) is 132 cm³/mol. The standard InChI is InChI=1S/C26H30BrFN4O2/c1-16-11-18-17(6-7-21-19(18)14-30-32(21)24-5-3-4-10-34-24)25(31(16)15-26(28)8-9-26)20-13-29-23(27)12-22(20)33-2/h6-7,12-14,16,24-25H,3-5,8-11,15H2,1-2H3/t16?,24-,25+/m1/s1. The van der Waals surface area contributed by atoms with E-state index in [0.717, 1.165) is 59.1 Å². The number of fused-ring (bicyclic) bond motifs is 3. The summed E-state index contributed by atoms with van der Waals surface area (Å²) in [5.41, 5.74) is 3.44. The maximum Gasteiger partial charge on any atom is 0.150 e. The number of alkyl halides is 1. The van der Waals surface area contributed by atoms with Crippen molar-refractivity contribution in [3.63, 3.8) is 0 Å². The van der Waals surface area contributed by atoms with E-state index in [0.29, 0.717) is 19.4 Å². The van der Waals surface area contributed by atoms with Crippen LogP contribution in [0.3, 0.4) is 0 Å². The molecule has 2 aliphatic heterocycles. The van der Waals surface area contributed by atoms with Gasteiger partial charge < -0.3 is 9.47 Å². The topological polar surface area (TPSA) is 52.4 Å². The van der Waals surface area contributed by atoms with Crippen LogP contribution < -0.4 is 4.74 Å². The zero-order chi connectivity index (χ0) is 23.4. The third kappa shape index (κ3) is 3.84. The molecular formula is C26H30BrFN4O2. The third-order valence-electron chi connectivity index (χ3n) is 7.68. The van der Waals surface area contributed by atoms with Crippen molar-refractivity contribution in [2.24, 2.45) is 0 Å². The number of hydrogen-bond acceptors (Lipinski definition) is 5. The zero-order valence-electron chi connectivity index (χ0n) is 19.6. The molecule has 1 aromatic carbocycles. The van der Waals surface area contributed by atoms with E-state index < -0.39 is 5.67 Å². The van der Waals surface area contributed by atoms with E-state index in [2.05, 4.69) is 44.9 Å². The van der Waals surface area contributed by atoms with Crippen molar-refractivity contribution in [1.29, 1.82) is 0 Å². The van der Waals surface area contributed by atoms with Crippen LogP contribution >= 0.6 is 15.9 Å². The third-order valence-corrected chi connectivity index (χ3v) is 8.12. The van der Waals surface area contributed by atoms with E-state index in [1.165, 1.54) is 11.1 Å². The van der Waals surface area contributed by atoms with E-state index in [1.54, 1.807) is 7.11 Å². The van der Waals surface area contributed by atoms with Gasteiger partial charge in [0.2, 0.25) is 0 Å². The molecule has 2 fully saturated rings. The molecule has 6 rings (SSSR count). The molecule has 3 aromatic rings. The van der Waals surface area contributed by atoms with Crippen molar-refractivity contribution >= 4 is 26.8 Å². The van der Waals surface area contributed by atoms with Crippen molar-refractivity contribution in [3.05, 3.63) is 51.9 Å². The van der Waals surface area contributed by atoms with Crippen LogP contribution in [0.5, 0.6) is 5.75 Å². The Morgan fingerprint density at radius 3 is 2.82 bits per heavy atom. The molecule has 6 nitrogen and oxygen atoms in total. The first-order valence-electron chi connectivity index (χ1n) is 12.2. The summed E-state index contributed by atoms with van der Waals surface area (Å²) in [5, 5.41) is 5.92. The van der Waals surface area contributed by atoms with Crippen LogP contribution in [0.4, 0.5) is 4.39 Å². The summed E-state index contributed by atoms with van der Waals surface area (Å²) in [6.07, 6.45) is 9.23. The Kier molecular flexibility index (Phi) is 5.66. The van der Waals surface area contributed by atoms with Gasteiger partial charge in [-0.15, -0.1) is 0 Å². The molecule has 3 aliphatic rings. The highest BCUT2D eigenvalue weighted by Gasteiger charge is 2.48. The summed E-state index contributed by atoms with van der Waals surface area (Å²) in [6, 6.07) is 6.27. The highest BCUT2D eigenvalue weighted by atomic mass is 79.9. The molecule has 4 heterocycles. The van der Waals surface area contributed by atoms with Gasteiger partial charge in [-0.05, 0) is 78.6 Å². The van der Waals surface area contributed by atoms with Crippen molar-refractivity contribution in [1.82, 2.24) is 19.7 Å². The quantitative estimate of drug-likeness (QED) is 0.395. The van der Waals surface area contributed by atoms with E-state index in [1.807, 2.05) is 23.1 Å². The summed E-state index contributed by atoms with van der Waals surface area (Å²) >= 11 is 3.46. The van der Waals surface area contributed by atoms with Crippen molar-refractivity contribution in [2.45, 2.75) is 69.4 Å². The summed E-state index contributed by atoms with van der Waals surface area (Å²) in [5.74, 6) is 0.757. The van der Waals surface area contributed by atoms with Crippen molar-refractivity contribution in [3.8, 4) is 5.75 Å². The van der Waals surface area contributed by atoms with Crippen molar-refractivity contribution in [2.75, 3.05) is 20.3 Å². The number of pyridine rings is 1. The first kappa shape index (κ1) is 22.4. The number of rotatable bonds is 5. The van der Waals surface area contributed by atoms with Gasteiger partial charge in [0.15, 0.2) is 6.23 Å². The van der Waals surface area contributed by atoms with Gasteiger partial charge in [-0.3, -0.25) is 4.90 Å². The van der Waals surface area contributed by atoms with Gasteiger partial charge in [-0.2, -0.15) is 5.10 Å². The Bertz CT molecular complexity index is 1220. The van der Waals surface area contributed by atoms with E-state index >= 15 is 4.39 Å². The molecule has 0 amide bonds. The molecule has 1 saturated heterocycles. The molecule has 1 unspecified atom stereocenters. The van der Waals surface area contributed by atoms with E-state index in [-0.39, 0.29) is 18.3 Å². The summed E-state index contributed by atoms with van der Waals surface area (Å²) in [6.45, 7) is 3.41. The fraction of sp³-hybridized carbons (Fsp3) is 0.538. The molecule has 0 N–H and O–H groups in total. The average molecular weight is 529 g/mol. The van der Waals surface area contributed by atoms with Crippen LogP contribution in [0, 0.1) is 0 Å². The predicted octanol–water partition coefficient (Wildman–Crippen LogP) is 5.74. The van der Waals surface area contributed by atoms with Crippen LogP contribution in [0.15, 0.2) is 35.2 Å². The van der Waals surface area contributed by atoms with E-state index in [4.69, 9.17) is 14.6 Å². The minimum absolute atomic E-state index is 0.00496. The van der Waals surface area contributed by atoms with Crippen molar-refractivity contribution < 1.29 is 13.9 Å². The Morgan fingerprint density at radius 2 is 2.09 bits per heavy atom. The number of aromatic nitrogens is 3. The Morgan fingerprint density at radius 1 is 1.24 bits per heavy atom. The fourth-order valence-electron chi connectivity index (χ4n) is 5.69. The first-order valence-corrected chi connectivity index (χ1v) is 13.0. The molecule has 34 heavy (non-hydrogen) atoms. The molecule has 3 atom stereocenters. The lowest BCUT2D eigenvalue weighted by atomic mass is 9.83. The van der Waals surface area contributed by atoms with Gasteiger partial charge in [-0.25, -0.2) is 14.1 Å². The van der Waals surface area contributed by atoms with Crippen LogP contribution in [0.25, 0.3) is 10.9 Å². The molecule has 0 bridgehead atoms. The molecule has 180 valence electrons. The Labute approximate surface area is 207 Å². The lowest BCUT2D eigenvalue weighted by Gasteiger charge is -2.43. The summed E-state index contributed by atoms with van der Waals surface area (Å²) in [7, 11) is 1.68. The van der Waals surface area contributed by atoms with Gasteiger partial charge in [0.1, 0.15) is 16.0 Å². The lowest BCUT2D eigenvalue weighted by molar-refractivity contribution is -0.0366. The van der Waals surface area contributed by atoms with Gasteiger partial charge in [0, 0.05) is 42.4 Å². The fourth-order valence-corrected chi connectivity index (χ4v) is 6.00. The van der Waals surface area contributed by atoms with Crippen LogP contribution in [-0.2, 0) is 11.2 Å². The van der Waals surface area contributed by atoms with E-state index in [9.17, 15) is 0 Å². The monoisotopic (exact) mass is 528 g/mol. The molecule has 1 aliphatic carbocycles. The minimum Gasteiger partial charge on any atom is -0.496 e. The maximum absolute atomic E-state index is 15.1. The second-order valence-corrected chi connectivity index (χ2v) is 10.8. The molecule has 0 radical (unpaired) electrons. The highest BCUT2D eigenvalue weighted by Crippen LogP contribution is 2.48. The van der Waals surface area contributed by atoms with Gasteiger partial charge in [-0.1, -0.05) is 6.07 Å². The number of nitrogens with zero attached hydrogens (tertiary/aromatic N) is 4. The summed E-state index contributed by atoms with van der Waals surface area (Å²) in [4.78, 5) is 6.83. The van der Waals surface area contributed by atoms with Crippen LogP contribution in [0.1, 0.15) is 68.0 Å². The highest BCUT2D eigenvalue weighted by molar-refractivity contribution is 9.10. The second-order valence-electron chi connectivity index (χ2n) is 10.0. The lowest BCUT2D eigenvalue weighted by Crippen LogP contribution is -2.46. The SMILES string of the molecule is COc1cc(Br)ncc1[C@@H]1c2ccc3c(cnn3[C@H]3CCCCO3)c2CC(C)N1CC1(F)CC1. The molecular weight excluding hydrogens is 499 g/mol. The van der Waals surface area contributed by atoms with Gasteiger partial charge >= 0.3 is 0 Å². The second kappa shape index (κ2) is 8.57. The average Bonchev–Trinajstić information content (AvgIpc) is 3.41. The Balaban J connectivity index is 1.49. The number of methoxy groups -OCH3 is 1. The normalized spacial score (nSPS) is 26.4. The largest absolute Gasteiger partial charge is 0.496 e. The smallest absolute Gasteiger partial charge is 0.150 e. The molecule has 2 aromatic heterocycles. The van der Waals surface area contributed by atoms with Crippen LogP contribution in [0.2, 0.25) is 0 Å². The molecule has 1 saturated carbocycles. The first-order chi connectivity index (χ1) is 16.5. The number of halogens is 2. The van der Waals surface area contributed by atoms with Gasteiger partial charge in [0.25, 0.3) is 0 Å².